The first kappa shape index (κ1) is 31.7. The number of hydrogen-bond donors (Lipinski definition) is 2. The molecule has 1 amide bonds. The molecule has 7 nitrogen and oxygen atoms in total. The van der Waals surface area contributed by atoms with Gasteiger partial charge < -0.3 is 10.6 Å². The maximum atomic E-state index is 13.5. The van der Waals surface area contributed by atoms with Crippen LogP contribution in [0, 0.1) is 17.2 Å². The van der Waals surface area contributed by atoms with Crippen LogP contribution in [-0.2, 0) is 27.5 Å². The normalized spacial score (nSPS) is 20.5. The first-order valence-corrected chi connectivity index (χ1v) is 15.1. The fraction of sp³-hybridized carbons (Fsp3) is 0.467. The molecule has 1 fully saturated rings. The molecule has 2 aromatic carbocycles. The number of nitrogens with one attached hydrogen (secondary N) is 2. The second-order valence-electron chi connectivity index (χ2n) is 12.1. The topological polar surface area (TPSA) is 90.9 Å². The van der Waals surface area contributed by atoms with Gasteiger partial charge in [-0.3, -0.25) is 9.79 Å². The van der Waals surface area contributed by atoms with E-state index in [1.807, 2.05) is 0 Å². The van der Waals surface area contributed by atoms with Gasteiger partial charge in [-0.15, -0.1) is 0 Å². The van der Waals surface area contributed by atoms with E-state index in [-0.39, 0.29) is 36.9 Å². The van der Waals surface area contributed by atoms with E-state index in [0.29, 0.717) is 34.8 Å². The molecule has 0 unspecified atom stereocenters. The molecule has 0 bridgehead atoms. The highest BCUT2D eigenvalue weighted by molar-refractivity contribution is 7.89. The van der Waals surface area contributed by atoms with E-state index in [0.717, 1.165) is 53.5 Å². The summed E-state index contributed by atoms with van der Waals surface area (Å²) < 4.78 is 80.6. The van der Waals surface area contributed by atoms with Gasteiger partial charge in [-0.25, -0.2) is 12.8 Å². The van der Waals surface area contributed by atoms with Gasteiger partial charge in [0.25, 0.3) is 0 Å². The third-order valence-corrected chi connectivity index (χ3v) is 9.63. The van der Waals surface area contributed by atoms with Crippen LogP contribution < -0.4 is 10.6 Å². The molecule has 1 aliphatic carbocycles. The molecule has 1 heterocycles. The van der Waals surface area contributed by atoms with Crippen molar-refractivity contribution in [2.75, 3.05) is 19.6 Å². The zero-order chi connectivity index (χ0) is 30.9. The van der Waals surface area contributed by atoms with E-state index in [1.165, 1.54) is 12.1 Å². The van der Waals surface area contributed by atoms with Crippen molar-refractivity contribution in [3.63, 3.8) is 0 Å². The summed E-state index contributed by atoms with van der Waals surface area (Å²) in [5, 5.41) is 6.14. The molecule has 0 aromatic heterocycles. The van der Waals surface area contributed by atoms with Gasteiger partial charge in [-0.05, 0) is 85.1 Å². The number of hydrogen-bond acceptors (Lipinski definition) is 5. The number of nitrogens with zero attached hydrogens (tertiary/aromatic N) is 2. The molecule has 2 N–H and O–H groups in total. The lowest BCUT2D eigenvalue weighted by Gasteiger charge is -2.43. The second kappa shape index (κ2) is 11.8. The van der Waals surface area contributed by atoms with Gasteiger partial charge in [0.05, 0.1) is 17.0 Å². The van der Waals surface area contributed by atoms with Crippen LogP contribution >= 0.6 is 0 Å². The van der Waals surface area contributed by atoms with E-state index in [4.69, 9.17) is 0 Å². The Morgan fingerprint density at radius 3 is 2.29 bits per heavy atom. The van der Waals surface area contributed by atoms with Crippen molar-refractivity contribution in [3.8, 4) is 0 Å². The lowest BCUT2D eigenvalue weighted by Crippen LogP contribution is -2.56. The maximum absolute atomic E-state index is 13.5. The van der Waals surface area contributed by atoms with Gasteiger partial charge in [0.1, 0.15) is 17.2 Å². The average molecular weight is 609 g/mol. The number of halogens is 4. The lowest BCUT2D eigenvalue weighted by molar-refractivity contribution is -0.137. The largest absolute Gasteiger partial charge is 0.416 e. The van der Waals surface area contributed by atoms with Crippen molar-refractivity contribution in [2.24, 2.45) is 16.3 Å². The Bertz CT molecular complexity index is 1450. The van der Waals surface area contributed by atoms with Crippen LogP contribution in [0.1, 0.15) is 51.2 Å². The summed E-state index contributed by atoms with van der Waals surface area (Å²) in [6, 6.07) is 8.56. The molecule has 2 aromatic rings. The van der Waals surface area contributed by atoms with Crippen LogP contribution in [-0.4, -0.2) is 49.6 Å². The van der Waals surface area contributed by atoms with Gasteiger partial charge in [0.15, 0.2) is 0 Å². The molecular formula is C30H36F4N4O3S. The zero-order valence-electron chi connectivity index (χ0n) is 23.9. The molecular weight excluding hydrogens is 572 g/mol. The maximum Gasteiger partial charge on any atom is 0.416 e. The second-order valence-corrected chi connectivity index (χ2v) is 14.0. The molecule has 12 heteroatoms. The van der Waals surface area contributed by atoms with Gasteiger partial charge in [0, 0.05) is 19.6 Å². The SMILES string of the molecule is C=C(CCN(Cc1ccc(C(F)(F)F)cc1)S(=O)(=O)c1ccc(F)cc1)C1=NC[C@](C)(C(=O)NCC2CC(C)(C)C2)N1. The number of amidine groups is 1. The summed E-state index contributed by atoms with van der Waals surface area (Å²) in [6.45, 7) is 10.7. The van der Waals surface area contributed by atoms with Crippen LogP contribution in [0.5, 0.6) is 0 Å². The first-order valence-electron chi connectivity index (χ1n) is 13.7. The standard InChI is InChI=1S/C30H36F4N4O3S/c1-20(26-36-19-29(4,37-26)27(39)35-17-22-15-28(2,3)16-22)13-14-38(42(40,41)25-11-9-24(31)10-12-25)18-21-5-7-23(8-6-21)30(32,33)34/h5-12,22H,1,13-19H2,2-4H3,(H,35,39)(H,36,37)/t29-/m1/s1. The number of carbonyl (C=O) groups excluding carboxylic acids is 1. The average Bonchev–Trinajstić information content (AvgIpc) is 3.31. The number of rotatable bonds is 11. The Labute approximate surface area is 244 Å². The molecule has 42 heavy (non-hydrogen) atoms. The van der Waals surface area contributed by atoms with Crippen LogP contribution in [0.2, 0.25) is 0 Å². The summed E-state index contributed by atoms with van der Waals surface area (Å²) in [7, 11) is -4.15. The summed E-state index contributed by atoms with van der Waals surface area (Å²) in [6.07, 6.45) is -2.29. The molecule has 1 atom stereocenters. The number of sulfonamides is 1. The molecule has 1 aliphatic heterocycles. The fourth-order valence-corrected chi connectivity index (χ4v) is 6.84. The fourth-order valence-electron chi connectivity index (χ4n) is 5.41. The Balaban J connectivity index is 1.42. The van der Waals surface area contributed by atoms with Crippen molar-refractivity contribution in [1.29, 1.82) is 0 Å². The van der Waals surface area contributed by atoms with E-state index < -0.39 is 33.1 Å². The van der Waals surface area contributed by atoms with Crippen molar-refractivity contribution in [1.82, 2.24) is 14.9 Å². The van der Waals surface area contributed by atoms with Gasteiger partial charge in [-0.2, -0.15) is 17.5 Å². The number of carbonyl (C=O) groups is 1. The summed E-state index contributed by atoms with van der Waals surface area (Å²) in [5.41, 5.74) is -0.698. The van der Waals surface area contributed by atoms with E-state index in [1.54, 1.807) is 6.92 Å². The number of alkyl halides is 3. The minimum absolute atomic E-state index is 0.0827. The Morgan fingerprint density at radius 1 is 1.10 bits per heavy atom. The Morgan fingerprint density at radius 2 is 1.71 bits per heavy atom. The summed E-state index contributed by atoms with van der Waals surface area (Å²) in [4.78, 5) is 17.2. The molecule has 4 rings (SSSR count). The quantitative estimate of drug-likeness (QED) is 0.339. The first-order chi connectivity index (χ1) is 19.5. The highest BCUT2D eigenvalue weighted by atomic mass is 32.2. The Kier molecular flexibility index (Phi) is 8.90. The van der Waals surface area contributed by atoms with Gasteiger partial charge in [-0.1, -0.05) is 32.6 Å². The van der Waals surface area contributed by atoms with Crippen molar-refractivity contribution < 1.29 is 30.8 Å². The van der Waals surface area contributed by atoms with Crippen molar-refractivity contribution >= 4 is 21.8 Å². The molecule has 0 saturated heterocycles. The zero-order valence-corrected chi connectivity index (χ0v) is 24.7. The summed E-state index contributed by atoms with van der Waals surface area (Å²) in [5.74, 6) is 0.0567. The monoisotopic (exact) mass is 608 g/mol. The van der Waals surface area contributed by atoms with Crippen molar-refractivity contribution in [2.45, 2.75) is 63.2 Å². The van der Waals surface area contributed by atoms with Gasteiger partial charge >= 0.3 is 6.18 Å². The van der Waals surface area contributed by atoms with Crippen LogP contribution in [0.25, 0.3) is 0 Å². The Hall–Kier alpha value is -3.25. The highest BCUT2D eigenvalue weighted by Crippen LogP contribution is 2.44. The molecule has 0 spiro atoms. The van der Waals surface area contributed by atoms with Crippen LogP contribution in [0.3, 0.4) is 0 Å². The third-order valence-electron chi connectivity index (χ3n) is 7.77. The molecule has 228 valence electrons. The smallest absolute Gasteiger partial charge is 0.355 e. The number of benzene rings is 2. The molecule has 2 aliphatic rings. The third kappa shape index (κ3) is 7.38. The minimum atomic E-state index is -4.52. The highest BCUT2D eigenvalue weighted by Gasteiger charge is 2.41. The molecule has 0 radical (unpaired) electrons. The summed E-state index contributed by atoms with van der Waals surface area (Å²) >= 11 is 0. The van der Waals surface area contributed by atoms with Crippen molar-refractivity contribution in [3.05, 3.63) is 77.6 Å². The lowest BCUT2D eigenvalue weighted by atomic mass is 9.64. The van der Waals surface area contributed by atoms with E-state index in [2.05, 4.69) is 36.1 Å². The predicted molar refractivity (Wildman–Crippen MR) is 153 cm³/mol. The number of amides is 1. The van der Waals surface area contributed by atoms with Crippen LogP contribution in [0.15, 0.2) is 70.6 Å². The minimum Gasteiger partial charge on any atom is -0.355 e. The van der Waals surface area contributed by atoms with E-state index in [9.17, 15) is 30.8 Å². The number of aliphatic imine (C=N–C) groups is 1. The van der Waals surface area contributed by atoms with Gasteiger partial charge in [0.2, 0.25) is 15.9 Å². The molecule has 1 saturated carbocycles. The van der Waals surface area contributed by atoms with E-state index >= 15 is 0 Å². The van der Waals surface area contributed by atoms with Crippen LogP contribution in [0.4, 0.5) is 17.6 Å². The predicted octanol–water partition coefficient (Wildman–Crippen LogP) is 5.29.